The topological polar surface area (TPSA) is 93.9 Å². The number of ether oxygens (including phenoxy) is 2. The number of hydrogen-bond acceptors (Lipinski definition) is 5. The van der Waals surface area contributed by atoms with Crippen molar-refractivity contribution in [2.75, 3.05) is 13.2 Å². The number of aromatic nitrogens is 2. The molecular formula is C20H21N3O5. The van der Waals surface area contributed by atoms with Crippen LogP contribution in [0.5, 0.6) is 11.5 Å². The Labute approximate surface area is 161 Å². The number of carboxylic acids is 1. The van der Waals surface area contributed by atoms with Gasteiger partial charge in [0.25, 0.3) is 5.91 Å². The number of fused-ring (bicyclic) bond motifs is 2. The summed E-state index contributed by atoms with van der Waals surface area (Å²) in [5.41, 5.74) is 1.64. The van der Waals surface area contributed by atoms with Crippen LogP contribution in [0.3, 0.4) is 0 Å². The van der Waals surface area contributed by atoms with E-state index in [1.165, 1.54) is 12.8 Å². The summed E-state index contributed by atoms with van der Waals surface area (Å²) in [7, 11) is 0. The average Bonchev–Trinajstić information content (AvgIpc) is 3.46. The van der Waals surface area contributed by atoms with Gasteiger partial charge in [-0.25, -0.2) is 4.79 Å². The third-order valence-electron chi connectivity index (χ3n) is 5.56. The number of aromatic carboxylic acids is 1. The molecule has 0 spiro atoms. The van der Waals surface area contributed by atoms with Gasteiger partial charge >= 0.3 is 5.97 Å². The van der Waals surface area contributed by atoms with Gasteiger partial charge in [-0.1, -0.05) is 12.1 Å². The minimum absolute atomic E-state index is 0.0549. The van der Waals surface area contributed by atoms with Gasteiger partial charge in [-0.3, -0.25) is 9.48 Å². The first kappa shape index (κ1) is 17.1. The summed E-state index contributed by atoms with van der Waals surface area (Å²) < 4.78 is 13.3. The van der Waals surface area contributed by atoms with E-state index in [1.807, 2.05) is 16.8 Å². The fraction of sp³-hybridized carbons (Fsp3) is 0.450. The zero-order valence-corrected chi connectivity index (χ0v) is 15.3. The molecule has 2 aromatic rings. The van der Waals surface area contributed by atoms with Gasteiger partial charge in [0, 0.05) is 30.8 Å². The van der Waals surface area contributed by atoms with Crippen LogP contribution in [0.4, 0.5) is 0 Å². The van der Waals surface area contributed by atoms with E-state index in [2.05, 4.69) is 5.10 Å². The molecular weight excluding hydrogens is 362 g/mol. The summed E-state index contributed by atoms with van der Waals surface area (Å²) in [6.07, 6.45) is 2.20. The number of benzene rings is 1. The van der Waals surface area contributed by atoms with Gasteiger partial charge in [0.05, 0.1) is 6.54 Å². The maximum absolute atomic E-state index is 13.0. The minimum atomic E-state index is -1.05. The first-order valence-corrected chi connectivity index (χ1v) is 9.59. The molecule has 0 saturated heterocycles. The van der Waals surface area contributed by atoms with Crippen molar-refractivity contribution in [3.8, 4) is 11.5 Å². The molecule has 0 radical (unpaired) electrons. The van der Waals surface area contributed by atoms with Crippen molar-refractivity contribution in [3.63, 3.8) is 0 Å². The Hall–Kier alpha value is -3.03. The number of nitrogens with zero attached hydrogens (tertiary/aromatic N) is 3. The minimum Gasteiger partial charge on any atom is -0.485 e. The first-order chi connectivity index (χ1) is 13.6. The van der Waals surface area contributed by atoms with Crippen LogP contribution in [-0.2, 0) is 24.3 Å². The van der Waals surface area contributed by atoms with Crippen LogP contribution >= 0.6 is 0 Å². The Morgan fingerprint density at radius 2 is 2.00 bits per heavy atom. The van der Waals surface area contributed by atoms with Gasteiger partial charge < -0.3 is 19.5 Å². The zero-order valence-electron chi connectivity index (χ0n) is 15.3. The smallest absolute Gasteiger partial charge is 0.356 e. The van der Waals surface area contributed by atoms with E-state index in [0.29, 0.717) is 35.9 Å². The van der Waals surface area contributed by atoms with Crippen molar-refractivity contribution in [2.24, 2.45) is 5.92 Å². The second kappa shape index (κ2) is 6.54. The van der Waals surface area contributed by atoms with Crippen LogP contribution in [0.15, 0.2) is 24.3 Å². The van der Waals surface area contributed by atoms with Crippen LogP contribution in [0.2, 0.25) is 0 Å². The van der Waals surface area contributed by atoms with E-state index in [-0.39, 0.29) is 24.8 Å². The molecule has 3 heterocycles. The number of rotatable bonds is 4. The number of carboxylic acid groups (broad SMARTS) is 1. The molecule has 2 aliphatic heterocycles. The summed E-state index contributed by atoms with van der Waals surface area (Å²) in [5.74, 6) is 0.533. The molecule has 8 nitrogen and oxygen atoms in total. The predicted octanol–water partition coefficient (Wildman–Crippen LogP) is 1.72. The molecule has 0 unspecified atom stereocenters. The first-order valence-electron chi connectivity index (χ1n) is 9.59. The van der Waals surface area contributed by atoms with E-state index in [4.69, 9.17) is 9.47 Å². The van der Waals surface area contributed by atoms with E-state index < -0.39 is 12.1 Å². The van der Waals surface area contributed by atoms with Crippen molar-refractivity contribution in [2.45, 2.75) is 38.5 Å². The monoisotopic (exact) mass is 383 g/mol. The summed E-state index contributed by atoms with van der Waals surface area (Å²) >= 11 is 0. The summed E-state index contributed by atoms with van der Waals surface area (Å²) in [6, 6.07) is 7.25. The normalized spacial score (nSPS) is 20.6. The van der Waals surface area contributed by atoms with Crippen LogP contribution in [0, 0.1) is 5.92 Å². The highest BCUT2D eigenvalue weighted by molar-refractivity contribution is 5.88. The molecule has 1 fully saturated rings. The molecule has 1 N–H and O–H groups in total. The maximum Gasteiger partial charge on any atom is 0.356 e. The van der Waals surface area contributed by atoms with Gasteiger partial charge in [-0.15, -0.1) is 0 Å². The Morgan fingerprint density at radius 3 is 2.75 bits per heavy atom. The molecule has 1 aliphatic carbocycles. The highest BCUT2D eigenvalue weighted by Gasteiger charge is 2.36. The van der Waals surface area contributed by atoms with Gasteiger partial charge in [-0.05, 0) is 30.9 Å². The molecule has 146 valence electrons. The Bertz CT molecular complexity index is 949. The number of carbonyl (C=O) groups is 2. The van der Waals surface area contributed by atoms with Gasteiger partial charge in [0.1, 0.15) is 6.61 Å². The van der Waals surface area contributed by atoms with Gasteiger partial charge in [0.15, 0.2) is 17.2 Å². The lowest BCUT2D eigenvalue weighted by Gasteiger charge is -2.33. The molecule has 5 rings (SSSR count). The lowest BCUT2D eigenvalue weighted by atomic mass is 10.0. The molecule has 0 bridgehead atoms. The van der Waals surface area contributed by atoms with Crippen molar-refractivity contribution >= 4 is 11.9 Å². The molecule has 1 saturated carbocycles. The van der Waals surface area contributed by atoms with Crippen molar-refractivity contribution in [1.82, 2.24) is 14.7 Å². The van der Waals surface area contributed by atoms with Crippen molar-refractivity contribution in [3.05, 3.63) is 41.2 Å². The van der Waals surface area contributed by atoms with E-state index in [1.54, 1.807) is 17.0 Å². The Morgan fingerprint density at radius 1 is 1.21 bits per heavy atom. The molecule has 3 aliphatic rings. The number of hydrogen-bond donors (Lipinski definition) is 1. The fourth-order valence-corrected chi connectivity index (χ4v) is 3.89. The van der Waals surface area contributed by atoms with Crippen LogP contribution in [0.1, 0.15) is 34.6 Å². The molecule has 1 atom stereocenters. The fourth-order valence-electron chi connectivity index (χ4n) is 3.89. The molecule has 8 heteroatoms. The second-order valence-corrected chi connectivity index (χ2v) is 7.58. The largest absolute Gasteiger partial charge is 0.485 e. The maximum atomic E-state index is 13.0. The average molecular weight is 383 g/mol. The van der Waals surface area contributed by atoms with Gasteiger partial charge in [0.2, 0.25) is 6.10 Å². The second-order valence-electron chi connectivity index (χ2n) is 7.58. The SMILES string of the molecule is O=C(O)c1nn(CC2CC2)c2c1CN(C(=O)[C@H]1COc3ccccc3O1)CC2. The van der Waals surface area contributed by atoms with Crippen LogP contribution < -0.4 is 9.47 Å². The standard InChI is InChI=1S/C20H21N3O5/c24-19(17-11-27-15-3-1-2-4-16(15)28-17)22-8-7-14-13(10-22)18(20(25)26)21-23(14)9-12-5-6-12/h1-4,12,17H,5-11H2,(H,25,26)/t17-/m1/s1. The van der Waals surface area contributed by atoms with E-state index in [0.717, 1.165) is 12.2 Å². The molecule has 28 heavy (non-hydrogen) atoms. The Kier molecular flexibility index (Phi) is 3.99. The van der Waals surface area contributed by atoms with Crippen LogP contribution in [0.25, 0.3) is 0 Å². The van der Waals surface area contributed by atoms with Crippen molar-refractivity contribution in [1.29, 1.82) is 0 Å². The lowest BCUT2D eigenvalue weighted by molar-refractivity contribution is -0.142. The summed E-state index contributed by atoms with van der Waals surface area (Å²) in [6.45, 7) is 1.66. The predicted molar refractivity (Wildman–Crippen MR) is 97.4 cm³/mol. The van der Waals surface area contributed by atoms with Crippen molar-refractivity contribution < 1.29 is 24.2 Å². The number of amides is 1. The molecule has 1 amide bonds. The quantitative estimate of drug-likeness (QED) is 0.864. The molecule has 1 aromatic heterocycles. The third kappa shape index (κ3) is 2.98. The number of para-hydroxylation sites is 2. The van der Waals surface area contributed by atoms with Gasteiger partial charge in [-0.2, -0.15) is 5.10 Å². The highest BCUT2D eigenvalue weighted by Crippen LogP contribution is 2.34. The highest BCUT2D eigenvalue weighted by atomic mass is 16.6. The third-order valence-corrected chi connectivity index (χ3v) is 5.56. The molecule has 1 aromatic carbocycles. The number of carbonyl (C=O) groups excluding carboxylic acids is 1. The Balaban J connectivity index is 1.36. The summed E-state index contributed by atoms with van der Waals surface area (Å²) in [4.78, 5) is 26.3. The van der Waals surface area contributed by atoms with E-state index in [9.17, 15) is 14.7 Å². The van der Waals surface area contributed by atoms with E-state index >= 15 is 0 Å². The lowest BCUT2D eigenvalue weighted by Crippen LogP contribution is -2.48. The zero-order chi connectivity index (χ0) is 19.3. The summed E-state index contributed by atoms with van der Waals surface area (Å²) in [5, 5.41) is 13.9. The van der Waals surface area contributed by atoms with Crippen LogP contribution in [-0.4, -0.2) is 50.9 Å².